The summed E-state index contributed by atoms with van der Waals surface area (Å²) in [5.41, 5.74) is 1.04. The highest BCUT2D eigenvalue weighted by Crippen LogP contribution is 2.27. The number of pyridine rings is 1. The second-order valence-corrected chi connectivity index (χ2v) is 8.43. The quantitative estimate of drug-likeness (QED) is 0.339. The van der Waals surface area contributed by atoms with E-state index in [-0.39, 0.29) is 11.4 Å². The molecule has 0 aromatic carbocycles. The number of aliphatic hydroxyl groups is 1. The molecule has 4 aromatic heterocycles. The summed E-state index contributed by atoms with van der Waals surface area (Å²) in [5.74, 6) is -0.0332. The molecule has 184 valence electrons. The molecular weight excluding hydrogens is 467 g/mol. The Bertz CT molecular complexity index is 1460. The highest BCUT2D eigenvalue weighted by molar-refractivity contribution is 6.00. The molecular formula is C24H23FN8O3. The molecule has 0 saturated heterocycles. The molecule has 0 fully saturated rings. The van der Waals surface area contributed by atoms with E-state index in [4.69, 9.17) is 10.00 Å². The van der Waals surface area contributed by atoms with Crippen LogP contribution in [0, 0.1) is 11.3 Å². The lowest BCUT2D eigenvalue weighted by molar-refractivity contribution is -0.00177. The van der Waals surface area contributed by atoms with Gasteiger partial charge in [0.2, 0.25) is 5.88 Å². The van der Waals surface area contributed by atoms with Crippen molar-refractivity contribution in [3.8, 4) is 23.3 Å². The van der Waals surface area contributed by atoms with Gasteiger partial charge in [-0.2, -0.15) is 15.3 Å². The maximum atomic E-state index is 14.2. The predicted octanol–water partition coefficient (Wildman–Crippen LogP) is 2.65. The number of nitrogens with zero attached hydrogens (tertiary/aromatic N) is 6. The van der Waals surface area contributed by atoms with Crippen molar-refractivity contribution in [3.05, 3.63) is 60.2 Å². The first-order chi connectivity index (χ1) is 17.2. The lowest BCUT2D eigenvalue weighted by Gasteiger charge is -2.22. The summed E-state index contributed by atoms with van der Waals surface area (Å²) >= 11 is 0. The number of amides is 1. The summed E-state index contributed by atoms with van der Waals surface area (Å²) in [6.45, 7) is 2.26. The zero-order chi connectivity index (χ0) is 25.9. The molecule has 0 aliphatic heterocycles. The van der Waals surface area contributed by atoms with E-state index in [2.05, 4.69) is 36.8 Å². The van der Waals surface area contributed by atoms with Crippen molar-refractivity contribution in [2.24, 2.45) is 0 Å². The van der Waals surface area contributed by atoms with Crippen LogP contribution in [0.4, 0.5) is 15.9 Å². The van der Waals surface area contributed by atoms with E-state index in [9.17, 15) is 14.3 Å². The van der Waals surface area contributed by atoms with Crippen LogP contribution in [0.5, 0.6) is 5.88 Å². The van der Waals surface area contributed by atoms with Crippen molar-refractivity contribution >= 4 is 22.9 Å². The summed E-state index contributed by atoms with van der Waals surface area (Å²) in [5, 5.41) is 28.8. The van der Waals surface area contributed by atoms with Crippen LogP contribution in [0.3, 0.4) is 0 Å². The third-order valence-electron chi connectivity index (χ3n) is 5.33. The van der Waals surface area contributed by atoms with Gasteiger partial charge in [0.25, 0.3) is 5.91 Å². The number of methoxy groups -OCH3 is 1. The smallest absolute Gasteiger partial charge is 0.255 e. The Morgan fingerprint density at radius 1 is 1.28 bits per heavy atom. The monoisotopic (exact) mass is 490 g/mol. The molecule has 12 heteroatoms. The van der Waals surface area contributed by atoms with Crippen molar-refractivity contribution in [2.45, 2.75) is 25.6 Å². The first-order valence-electron chi connectivity index (χ1n) is 10.9. The number of alkyl halides is 1. The fraction of sp³-hybridized carbons (Fsp3) is 0.250. The molecule has 0 unspecified atom stereocenters. The summed E-state index contributed by atoms with van der Waals surface area (Å²) in [4.78, 5) is 25.7. The number of nitrogens with one attached hydrogen (secondary N) is 2. The summed E-state index contributed by atoms with van der Waals surface area (Å²) in [6.07, 6.45) is 4.00. The Balaban J connectivity index is 1.72. The van der Waals surface area contributed by atoms with Crippen molar-refractivity contribution in [1.82, 2.24) is 29.9 Å². The molecule has 0 aliphatic rings. The Kier molecular flexibility index (Phi) is 6.75. The van der Waals surface area contributed by atoms with Crippen molar-refractivity contribution in [3.63, 3.8) is 0 Å². The van der Waals surface area contributed by atoms with Gasteiger partial charge in [0.1, 0.15) is 12.2 Å². The predicted molar refractivity (Wildman–Crippen MR) is 129 cm³/mol. The van der Waals surface area contributed by atoms with Gasteiger partial charge in [-0.1, -0.05) is 0 Å². The minimum atomic E-state index is -1.68. The summed E-state index contributed by atoms with van der Waals surface area (Å²) in [6, 6.07) is 8.96. The summed E-state index contributed by atoms with van der Waals surface area (Å²) in [7, 11) is 1.45. The first kappa shape index (κ1) is 24.5. The van der Waals surface area contributed by atoms with Gasteiger partial charge in [-0.3, -0.25) is 14.8 Å². The minimum Gasteiger partial charge on any atom is -0.480 e. The van der Waals surface area contributed by atoms with Crippen LogP contribution in [0.25, 0.3) is 16.9 Å². The van der Waals surface area contributed by atoms with E-state index in [0.717, 1.165) is 0 Å². The van der Waals surface area contributed by atoms with E-state index < -0.39 is 24.2 Å². The third kappa shape index (κ3) is 5.21. The molecule has 4 rings (SSSR count). The van der Waals surface area contributed by atoms with Gasteiger partial charge >= 0.3 is 0 Å². The first-order valence-corrected chi connectivity index (χ1v) is 10.9. The highest BCUT2D eigenvalue weighted by Gasteiger charge is 2.27. The maximum Gasteiger partial charge on any atom is 0.255 e. The molecule has 0 radical (unpaired) electrons. The zero-order valence-electron chi connectivity index (χ0n) is 19.7. The molecule has 36 heavy (non-hydrogen) atoms. The van der Waals surface area contributed by atoms with Crippen LogP contribution in [0.2, 0.25) is 0 Å². The van der Waals surface area contributed by atoms with Crippen LogP contribution in [-0.4, -0.2) is 61.0 Å². The number of fused-ring (bicyclic) bond motifs is 1. The standard InChI is InChI=1S/C24H23FN8O3/c1-24(2,35)20(25)11-29-23(34)16-10-28-18(7-17(16)31-21-12-27-13-22(32-21)36-3)19-5-4-15-6-14(8-26)9-30-33(15)19/h4-7,9-10,12-13,20,35H,11H2,1-3H3,(H,29,34)(H,28,31,32)/t20-/m1/s1. The van der Waals surface area contributed by atoms with Crippen LogP contribution in [-0.2, 0) is 0 Å². The Labute approximate surface area is 205 Å². The molecule has 0 spiro atoms. The molecule has 0 bridgehead atoms. The number of carbonyl (C=O) groups is 1. The molecule has 1 atom stereocenters. The fourth-order valence-corrected chi connectivity index (χ4v) is 3.31. The minimum absolute atomic E-state index is 0.118. The van der Waals surface area contributed by atoms with E-state index >= 15 is 0 Å². The van der Waals surface area contributed by atoms with Gasteiger partial charge in [0, 0.05) is 6.20 Å². The average Bonchev–Trinajstić information content (AvgIpc) is 3.29. The van der Waals surface area contributed by atoms with Gasteiger partial charge in [-0.15, -0.1) is 0 Å². The normalized spacial score (nSPS) is 12.1. The number of hydrogen-bond acceptors (Lipinski definition) is 9. The Hall–Kier alpha value is -4.63. The van der Waals surface area contributed by atoms with Crippen LogP contribution in [0.15, 0.2) is 49.1 Å². The van der Waals surface area contributed by atoms with Gasteiger partial charge in [-0.05, 0) is 38.1 Å². The van der Waals surface area contributed by atoms with Crippen LogP contribution in [0.1, 0.15) is 29.8 Å². The topological polar surface area (TPSA) is 150 Å². The Morgan fingerprint density at radius 2 is 2.08 bits per heavy atom. The number of anilines is 2. The second kappa shape index (κ2) is 9.93. The lowest BCUT2D eigenvalue weighted by Crippen LogP contribution is -2.42. The molecule has 11 nitrogen and oxygen atoms in total. The van der Waals surface area contributed by atoms with E-state index in [1.165, 1.54) is 45.7 Å². The van der Waals surface area contributed by atoms with E-state index in [1.54, 1.807) is 28.8 Å². The number of aromatic nitrogens is 5. The number of rotatable bonds is 8. The molecule has 3 N–H and O–H groups in total. The Morgan fingerprint density at radius 3 is 2.81 bits per heavy atom. The second-order valence-electron chi connectivity index (χ2n) is 8.43. The maximum absolute atomic E-state index is 14.2. The number of hydrogen-bond donors (Lipinski definition) is 3. The molecule has 4 aromatic rings. The molecule has 1 amide bonds. The molecule has 0 aliphatic carbocycles. The van der Waals surface area contributed by atoms with E-state index in [0.29, 0.717) is 34.0 Å². The fourth-order valence-electron chi connectivity index (χ4n) is 3.31. The average molecular weight is 490 g/mol. The number of halogens is 1. The molecule has 0 saturated carbocycles. The van der Waals surface area contributed by atoms with Gasteiger partial charge in [0.05, 0.1) is 71.6 Å². The third-order valence-corrected chi connectivity index (χ3v) is 5.33. The zero-order valence-corrected chi connectivity index (χ0v) is 19.7. The summed E-state index contributed by atoms with van der Waals surface area (Å²) < 4.78 is 20.9. The van der Waals surface area contributed by atoms with Crippen molar-refractivity contribution in [2.75, 3.05) is 19.0 Å². The van der Waals surface area contributed by atoms with E-state index in [1.807, 2.05) is 0 Å². The number of nitriles is 1. The number of carbonyl (C=O) groups excluding carboxylic acids is 1. The van der Waals surface area contributed by atoms with Gasteiger partial charge in [-0.25, -0.2) is 8.91 Å². The molecule has 4 heterocycles. The largest absolute Gasteiger partial charge is 0.480 e. The van der Waals surface area contributed by atoms with Crippen molar-refractivity contribution in [1.29, 1.82) is 5.26 Å². The lowest BCUT2D eigenvalue weighted by atomic mass is 10.0. The van der Waals surface area contributed by atoms with Crippen LogP contribution < -0.4 is 15.4 Å². The van der Waals surface area contributed by atoms with Crippen LogP contribution >= 0.6 is 0 Å². The highest BCUT2D eigenvalue weighted by atomic mass is 19.1. The van der Waals surface area contributed by atoms with Crippen molar-refractivity contribution < 1.29 is 19.0 Å². The van der Waals surface area contributed by atoms with Gasteiger partial charge < -0.3 is 20.5 Å². The van der Waals surface area contributed by atoms with Gasteiger partial charge in [0.15, 0.2) is 5.82 Å². The SMILES string of the molecule is COc1cncc(Nc2cc(-c3ccc4cc(C#N)cnn34)ncc2C(=O)NC[C@@H](F)C(C)(C)O)n1. The number of ether oxygens (including phenoxy) is 1.